The SMILES string of the molecule is CC(CNS(=O)(=O)c1ccc(CCC(=O)O)cc1)S(C)=O. The van der Waals surface area contributed by atoms with Gasteiger partial charge in [-0.2, -0.15) is 0 Å². The highest BCUT2D eigenvalue weighted by atomic mass is 32.2. The standard InChI is InChI=1S/C13H19NO5S2/c1-10(20(2)17)9-14-21(18,19)12-6-3-11(4-7-12)5-8-13(15)16/h3-4,6-7,10,14H,5,8-9H2,1-2H3,(H,15,16). The van der Waals surface area contributed by atoms with Crippen molar-refractivity contribution in [2.24, 2.45) is 0 Å². The summed E-state index contributed by atoms with van der Waals surface area (Å²) in [6, 6.07) is 6.07. The van der Waals surface area contributed by atoms with E-state index in [-0.39, 0.29) is 23.1 Å². The zero-order valence-electron chi connectivity index (χ0n) is 11.9. The fraction of sp³-hybridized carbons (Fsp3) is 0.462. The van der Waals surface area contributed by atoms with E-state index in [0.29, 0.717) is 6.42 Å². The zero-order valence-corrected chi connectivity index (χ0v) is 13.5. The van der Waals surface area contributed by atoms with Gasteiger partial charge in [0.15, 0.2) is 0 Å². The normalized spacial score (nSPS) is 14.6. The highest BCUT2D eigenvalue weighted by Crippen LogP contribution is 2.12. The lowest BCUT2D eigenvalue weighted by molar-refractivity contribution is -0.136. The van der Waals surface area contributed by atoms with Crippen LogP contribution in [0.3, 0.4) is 0 Å². The summed E-state index contributed by atoms with van der Waals surface area (Å²) in [6.07, 6.45) is 1.88. The predicted molar refractivity (Wildman–Crippen MR) is 81.1 cm³/mol. The van der Waals surface area contributed by atoms with Gasteiger partial charge in [0, 0.05) is 35.3 Å². The molecule has 1 aromatic rings. The Morgan fingerprint density at radius 3 is 2.38 bits per heavy atom. The number of hydrogen-bond acceptors (Lipinski definition) is 4. The fourth-order valence-electron chi connectivity index (χ4n) is 1.51. The molecule has 0 bridgehead atoms. The van der Waals surface area contributed by atoms with E-state index in [1.807, 2.05) is 0 Å². The molecule has 1 aromatic carbocycles. The molecule has 0 heterocycles. The Labute approximate surface area is 127 Å². The first-order chi connectivity index (χ1) is 9.72. The van der Waals surface area contributed by atoms with E-state index in [0.717, 1.165) is 5.56 Å². The number of rotatable bonds is 8. The second kappa shape index (κ2) is 7.67. The molecule has 0 amide bonds. The van der Waals surface area contributed by atoms with Gasteiger partial charge in [-0.05, 0) is 31.0 Å². The summed E-state index contributed by atoms with van der Waals surface area (Å²) in [5, 5.41) is 8.33. The Hall–Kier alpha value is -1.25. The molecule has 0 aliphatic heterocycles. The molecule has 1 rings (SSSR count). The van der Waals surface area contributed by atoms with Crippen molar-refractivity contribution in [1.82, 2.24) is 4.72 Å². The molecule has 0 saturated carbocycles. The van der Waals surface area contributed by atoms with E-state index in [1.54, 1.807) is 19.1 Å². The third kappa shape index (κ3) is 5.94. The van der Waals surface area contributed by atoms with E-state index in [4.69, 9.17) is 5.11 Å². The summed E-state index contributed by atoms with van der Waals surface area (Å²) in [6.45, 7) is 1.81. The number of aliphatic carboxylic acids is 1. The zero-order chi connectivity index (χ0) is 16.0. The average Bonchev–Trinajstić information content (AvgIpc) is 2.43. The van der Waals surface area contributed by atoms with Crippen LogP contribution < -0.4 is 4.72 Å². The van der Waals surface area contributed by atoms with Gasteiger partial charge in [0.1, 0.15) is 0 Å². The Morgan fingerprint density at radius 2 is 1.90 bits per heavy atom. The molecule has 2 atom stereocenters. The molecule has 0 aliphatic rings. The van der Waals surface area contributed by atoms with Crippen LogP contribution in [0, 0.1) is 0 Å². The van der Waals surface area contributed by atoms with Crippen molar-refractivity contribution >= 4 is 26.8 Å². The first-order valence-electron chi connectivity index (χ1n) is 6.35. The van der Waals surface area contributed by atoms with Gasteiger partial charge in [0.05, 0.1) is 4.90 Å². The van der Waals surface area contributed by atoms with E-state index in [2.05, 4.69) is 4.72 Å². The smallest absolute Gasteiger partial charge is 0.303 e. The number of carboxylic acid groups (broad SMARTS) is 1. The Bertz CT molecular complexity index is 610. The van der Waals surface area contributed by atoms with Crippen LogP contribution in [-0.4, -0.2) is 41.8 Å². The van der Waals surface area contributed by atoms with Crippen molar-refractivity contribution in [2.75, 3.05) is 12.8 Å². The molecule has 0 saturated heterocycles. The summed E-state index contributed by atoms with van der Waals surface area (Å²) in [4.78, 5) is 10.6. The molecule has 2 unspecified atom stereocenters. The van der Waals surface area contributed by atoms with Crippen LogP contribution in [0.1, 0.15) is 18.9 Å². The molecular formula is C13H19NO5S2. The molecule has 21 heavy (non-hydrogen) atoms. The summed E-state index contributed by atoms with van der Waals surface area (Å²) in [7, 11) is -4.73. The van der Waals surface area contributed by atoms with Crippen molar-refractivity contribution in [1.29, 1.82) is 0 Å². The topological polar surface area (TPSA) is 101 Å². The number of benzene rings is 1. The highest BCUT2D eigenvalue weighted by Gasteiger charge is 2.16. The lowest BCUT2D eigenvalue weighted by Crippen LogP contribution is -2.32. The van der Waals surface area contributed by atoms with Crippen LogP contribution in [0.25, 0.3) is 0 Å². The number of nitrogens with one attached hydrogen (secondary N) is 1. The summed E-state index contributed by atoms with van der Waals surface area (Å²) < 4.78 is 37.7. The minimum Gasteiger partial charge on any atom is -0.481 e. The van der Waals surface area contributed by atoms with Gasteiger partial charge < -0.3 is 5.11 Å². The monoisotopic (exact) mass is 333 g/mol. The average molecular weight is 333 g/mol. The third-order valence-electron chi connectivity index (χ3n) is 2.99. The van der Waals surface area contributed by atoms with E-state index in [1.165, 1.54) is 18.4 Å². The maximum absolute atomic E-state index is 12.0. The Kier molecular flexibility index (Phi) is 6.50. The van der Waals surface area contributed by atoms with Gasteiger partial charge in [0.2, 0.25) is 10.0 Å². The predicted octanol–water partition coefficient (Wildman–Crippen LogP) is 0.749. The molecule has 2 N–H and O–H groups in total. The van der Waals surface area contributed by atoms with Gasteiger partial charge in [-0.3, -0.25) is 9.00 Å². The Balaban J connectivity index is 2.71. The molecular weight excluding hydrogens is 314 g/mol. The van der Waals surface area contributed by atoms with Gasteiger partial charge >= 0.3 is 5.97 Å². The molecule has 0 aliphatic carbocycles. The van der Waals surface area contributed by atoms with Crippen LogP contribution in [-0.2, 0) is 32.0 Å². The van der Waals surface area contributed by atoms with Crippen molar-refractivity contribution in [2.45, 2.75) is 29.9 Å². The maximum atomic E-state index is 12.0. The quantitative estimate of drug-likeness (QED) is 0.731. The van der Waals surface area contributed by atoms with E-state index < -0.39 is 26.8 Å². The maximum Gasteiger partial charge on any atom is 0.303 e. The summed E-state index contributed by atoms with van der Waals surface area (Å²) in [5.74, 6) is -0.894. The molecule has 6 nitrogen and oxygen atoms in total. The Morgan fingerprint density at radius 1 is 1.33 bits per heavy atom. The van der Waals surface area contributed by atoms with Gasteiger partial charge in [-0.25, -0.2) is 13.1 Å². The van der Waals surface area contributed by atoms with Crippen molar-refractivity contribution in [3.05, 3.63) is 29.8 Å². The number of carbonyl (C=O) groups is 1. The van der Waals surface area contributed by atoms with Crippen LogP contribution in [0.5, 0.6) is 0 Å². The number of aryl methyl sites for hydroxylation is 1. The molecule has 118 valence electrons. The molecule has 8 heteroatoms. The van der Waals surface area contributed by atoms with E-state index >= 15 is 0 Å². The minimum absolute atomic E-state index is 0.00414. The molecule has 0 radical (unpaired) electrons. The largest absolute Gasteiger partial charge is 0.481 e. The van der Waals surface area contributed by atoms with Gasteiger partial charge in [0.25, 0.3) is 0 Å². The van der Waals surface area contributed by atoms with Crippen molar-refractivity contribution in [3.63, 3.8) is 0 Å². The van der Waals surface area contributed by atoms with Crippen molar-refractivity contribution < 1.29 is 22.5 Å². The second-order valence-electron chi connectivity index (χ2n) is 4.70. The summed E-state index contributed by atoms with van der Waals surface area (Å²) >= 11 is 0. The van der Waals surface area contributed by atoms with Crippen LogP contribution in [0.2, 0.25) is 0 Å². The third-order valence-corrected chi connectivity index (χ3v) is 5.73. The molecule has 0 fully saturated rings. The van der Waals surface area contributed by atoms with Crippen LogP contribution in [0.4, 0.5) is 0 Å². The first-order valence-corrected chi connectivity index (χ1v) is 9.45. The number of sulfonamides is 1. The van der Waals surface area contributed by atoms with Gasteiger partial charge in [-0.1, -0.05) is 12.1 Å². The number of carboxylic acids is 1. The first kappa shape index (κ1) is 17.8. The van der Waals surface area contributed by atoms with Crippen LogP contribution >= 0.6 is 0 Å². The molecule has 0 aromatic heterocycles. The van der Waals surface area contributed by atoms with Gasteiger partial charge in [-0.15, -0.1) is 0 Å². The lowest BCUT2D eigenvalue weighted by Gasteiger charge is -2.11. The second-order valence-corrected chi connectivity index (χ2v) is 8.27. The molecule has 0 spiro atoms. The van der Waals surface area contributed by atoms with Crippen LogP contribution in [0.15, 0.2) is 29.2 Å². The highest BCUT2D eigenvalue weighted by molar-refractivity contribution is 7.89. The minimum atomic E-state index is -3.64. The number of hydrogen-bond donors (Lipinski definition) is 2. The van der Waals surface area contributed by atoms with Crippen molar-refractivity contribution in [3.8, 4) is 0 Å². The van der Waals surface area contributed by atoms with E-state index in [9.17, 15) is 17.4 Å². The lowest BCUT2D eigenvalue weighted by atomic mass is 10.1. The summed E-state index contributed by atoms with van der Waals surface area (Å²) in [5.41, 5.74) is 0.763. The fourth-order valence-corrected chi connectivity index (χ4v) is 3.07.